The maximum absolute atomic E-state index is 11.6. The zero-order valence-corrected chi connectivity index (χ0v) is 17.6. The first-order valence-corrected chi connectivity index (χ1v) is 10.3. The summed E-state index contributed by atoms with van der Waals surface area (Å²) in [6, 6.07) is 6.39. The van der Waals surface area contributed by atoms with Gasteiger partial charge in [0, 0.05) is 18.7 Å². The third kappa shape index (κ3) is 3.68. The Hall–Kier alpha value is -2.27. The minimum Gasteiger partial charge on any atom is -0.504 e. The van der Waals surface area contributed by atoms with Crippen molar-refractivity contribution >= 4 is 17.6 Å². The number of ether oxygens (including phenoxy) is 1. The molecule has 0 spiro atoms. The molecule has 0 amide bonds. The lowest BCUT2D eigenvalue weighted by atomic mass is 9.70. The minimum atomic E-state index is -0.885. The number of nitrogens with zero attached hydrogens (tertiary/aromatic N) is 2. The molecule has 0 unspecified atom stereocenters. The van der Waals surface area contributed by atoms with E-state index < -0.39 is 5.60 Å². The zero-order chi connectivity index (χ0) is 21.2. The van der Waals surface area contributed by atoms with Crippen LogP contribution >= 0.6 is 0 Å². The standard InChI is InChI=1S/C22H30N2O2.CO2/c1-5-16-12-24-10-9-22(25)20-14(2)7-6-8-18(20)23-21(22)19(24)11-17(16)15(3)13-26-4;2-1-3/h6-8,13,16-17,19,25H,5,9-12H2,1-4H3;/b15-13-;/t16-,17-,19+,22+;/m1./s1. The van der Waals surface area contributed by atoms with E-state index in [1.807, 2.05) is 18.4 Å². The van der Waals surface area contributed by atoms with Gasteiger partial charge in [0.15, 0.2) is 0 Å². The van der Waals surface area contributed by atoms with E-state index in [0.29, 0.717) is 11.8 Å². The summed E-state index contributed by atoms with van der Waals surface area (Å²) in [6.07, 6.45) is 5.07. The molecule has 1 aromatic rings. The molecule has 6 heteroatoms. The molecule has 2 fully saturated rings. The van der Waals surface area contributed by atoms with Crippen LogP contribution in [-0.4, -0.2) is 48.1 Å². The van der Waals surface area contributed by atoms with E-state index in [4.69, 9.17) is 19.3 Å². The largest absolute Gasteiger partial charge is 0.504 e. The van der Waals surface area contributed by atoms with Crippen molar-refractivity contribution in [2.75, 3.05) is 20.2 Å². The number of piperidine rings is 2. The highest BCUT2D eigenvalue weighted by molar-refractivity contribution is 6.04. The fraction of sp³-hybridized carbons (Fsp3) is 0.565. The molecule has 156 valence electrons. The second-order valence-electron chi connectivity index (χ2n) is 8.28. The molecule has 0 aliphatic carbocycles. The van der Waals surface area contributed by atoms with Crippen molar-refractivity contribution in [1.82, 2.24) is 4.90 Å². The van der Waals surface area contributed by atoms with Crippen LogP contribution in [0.4, 0.5) is 5.69 Å². The third-order valence-corrected chi connectivity index (χ3v) is 6.77. The highest BCUT2D eigenvalue weighted by Crippen LogP contribution is 2.49. The van der Waals surface area contributed by atoms with Gasteiger partial charge < -0.3 is 9.84 Å². The maximum Gasteiger partial charge on any atom is 0.373 e. The number of hydrogen-bond donors (Lipinski definition) is 1. The third-order valence-electron chi connectivity index (χ3n) is 6.77. The van der Waals surface area contributed by atoms with Gasteiger partial charge in [0.05, 0.1) is 30.8 Å². The van der Waals surface area contributed by atoms with Gasteiger partial charge in [0.1, 0.15) is 5.60 Å². The number of fused-ring (bicyclic) bond motifs is 5. The Morgan fingerprint density at radius 3 is 2.83 bits per heavy atom. The molecule has 0 radical (unpaired) electrons. The van der Waals surface area contributed by atoms with Crippen molar-refractivity contribution in [3.8, 4) is 0 Å². The molecular weight excluding hydrogens is 368 g/mol. The molecule has 1 aromatic carbocycles. The topological polar surface area (TPSA) is 79.2 Å². The predicted molar refractivity (Wildman–Crippen MR) is 110 cm³/mol. The lowest BCUT2D eigenvalue weighted by molar-refractivity contribution is -0.191. The van der Waals surface area contributed by atoms with Gasteiger partial charge in [-0.2, -0.15) is 9.59 Å². The number of hydrogen-bond acceptors (Lipinski definition) is 6. The van der Waals surface area contributed by atoms with E-state index in [-0.39, 0.29) is 12.2 Å². The number of allylic oxidation sites excluding steroid dienone is 1. The molecule has 0 saturated carbocycles. The Labute approximate surface area is 172 Å². The van der Waals surface area contributed by atoms with E-state index in [1.54, 1.807) is 7.11 Å². The Kier molecular flexibility index (Phi) is 6.37. The fourth-order valence-electron chi connectivity index (χ4n) is 5.46. The van der Waals surface area contributed by atoms with Gasteiger partial charge in [-0.3, -0.25) is 9.89 Å². The smallest absolute Gasteiger partial charge is 0.373 e. The summed E-state index contributed by atoms with van der Waals surface area (Å²) >= 11 is 0. The first-order chi connectivity index (χ1) is 13.9. The molecule has 4 atom stereocenters. The monoisotopic (exact) mass is 398 g/mol. The second kappa shape index (κ2) is 8.62. The number of aryl methyl sites for hydroxylation is 1. The Bertz CT molecular complexity index is 856. The summed E-state index contributed by atoms with van der Waals surface area (Å²) in [4.78, 5) is 23.8. The van der Waals surface area contributed by atoms with Crippen LogP contribution in [0.15, 0.2) is 35.0 Å². The Morgan fingerprint density at radius 2 is 2.17 bits per heavy atom. The number of aliphatic hydroxyl groups is 1. The van der Waals surface area contributed by atoms with E-state index in [9.17, 15) is 5.11 Å². The van der Waals surface area contributed by atoms with Gasteiger partial charge in [0.2, 0.25) is 0 Å². The van der Waals surface area contributed by atoms with Crippen LogP contribution < -0.4 is 0 Å². The van der Waals surface area contributed by atoms with Gasteiger partial charge in [-0.05, 0) is 55.7 Å². The molecule has 29 heavy (non-hydrogen) atoms. The van der Waals surface area contributed by atoms with Crippen LogP contribution in [-0.2, 0) is 19.9 Å². The highest BCUT2D eigenvalue weighted by atomic mass is 16.5. The van der Waals surface area contributed by atoms with Gasteiger partial charge in [-0.1, -0.05) is 25.5 Å². The van der Waals surface area contributed by atoms with Gasteiger partial charge in [-0.25, -0.2) is 0 Å². The number of aliphatic imine (C=N–C) groups is 1. The van der Waals surface area contributed by atoms with Crippen LogP contribution in [0.1, 0.15) is 44.2 Å². The number of benzene rings is 1. The number of carbonyl (C=O) groups excluding carboxylic acids is 2. The molecule has 2 saturated heterocycles. The maximum atomic E-state index is 11.6. The van der Waals surface area contributed by atoms with Crippen molar-refractivity contribution in [3.63, 3.8) is 0 Å². The number of methoxy groups -OCH3 is 1. The summed E-state index contributed by atoms with van der Waals surface area (Å²) in [5, 5.41) is 11.6. The van der Waals surface area contributed by atoms with Crippen LogP contribution in [0.3, 0.4) is 0 Å². The second-order valence-corrected chi connectivity index (χ2v) is 8.28. The summed E-state index contributed by atoms with van der Waals surface area (Å²) in [6.45, 7) is 8.56. The molecule has 4 rings (SSSR count). The van der Waals surface area contributed by atoms with Crippen molar-refractivity contribution in [2.24, 2.45) is 16.8 Å². The number of rotatable bonds is 3. The molecule has 0 aromatic heterocycles. The molecule has 6 nitrogen and oxygen atoms in total. The predicted octanol–water partition coefficient (Wildman–Crippen LogP) is 3.36. The van der Waals surface area contributed by atoms with Crippen molar-refractivity contribution in [1.29, 1.82) is 0 Å². The van der Waals surface area contributed by atoms with Gasteiger partial charge in [0.25, 0.3) is 0 Å². The normalized spacial score (nSPS) is 30.7. The molecule has 1 N–H and O–H groups in total. The average Bonchev–Trinajstić information content (AvgIpc) is 3.02. The highest BCUT2D eigenvalue weighted by Gasteiger charge is 2.52. The van der Waals surface area contributed by atoms with Crippen molar-refractivity contribution in [2.45, 2.75) is 51.7 Å². The van der Waals surface area contributed by atoms with Crippen molar-refractivity contribution < 1.29 is 19.4 Å². The molecular formula is C23H30N2O4. The minimum absolute atomic E-state index is 0.216. The van der Waals surface area contributed by atoms with Crippen LogP contribution in [0.2, 0.25) is 0 Å². The molecule has 3 heterocycles. The molecule has 0 bridgehead atoms. The van der Waals surface area contributed by atoms with Crippen LogP contribution in [0, 0.1) is 18.8 Å². The molecule has 3 aliphatic rings. The van der Waals surface area contributed by atoms with Crippen LogP contribution in [0.25, 0.3) is 0 Å². The quantitative estimate of drug-likeness (QED) is 0.790. The lowest BCUT2D eigenvalue weighted by Gasteiger charge is -2.50. The zero-order valence-electron chi connectivity index (χ0n) is 17.6. The first kappa shape index (κ1) is 21.4. The average molecular weight is 399 g/mol. The lowest BCUT2D eigenvalue weighted by Crippen LogP contribution is -2.60. The van der Waals surface area contributed by atoms with E-state index in [2.05, 4.69) is 31.7 Å². The van der Waals surface area contributed by atoms with Gasteiger partial charge >= 0.3 is 6.15 Å². The summed E-state index contributed by atoms with van der Waals surface area (Å²) < 4.78 is 5.30. The molecule has 3 aliphatic heterocycles. The fourth-order valence-corrected chi connectivity index (χ4v) is 5.46. The Morgan fingerprint density at radius 1 is 1.45 bits per heavy atom. The van der Waals surface area contributed by atoms with E-state index >= 15 is 0 Å². The Balaban J connectivity index is 0.000000755. The SMILES string of the molecule is CC[C@@H]1CN2CC[C@@]3(O)C(=Nc4cccc(C)c43)[C@@H]2C[C@@H]1/C(C)=C\OC.O=C=O. The summed E-state index contributed by atoms with van der Waals surface area (Å²) in [5.74, 6) is 1.12. The van der Waals surface area contributed by atoms with E-state index in [1.165, 1.54) is 12.0 Å². The first-order valence-electron chi connectivity index (χ1n) is 10.3. The van der Waals surface area contributed by atoms with Crippen LogP contribution in [0.5, 0.6) is 0 Å². The van der Waals surface area contributed by atoms with Gasteiger partial charge in [-0.15, -0.1) is 0 Å². The summed E-state index contributed by atoms with van der Waals surface area (Å²) in [7, 11) is 1.72. The van der Waals surface area contributed by atoms with E-state index in [0.717, 1.165) is 48.5 Å². The van der Waals surface area contributed by atoms with Crippen molar-refractivity contribution in [3.05, 3.63) is 41.2 Å². The summed E-state index contributed by atoms with van der Waals surface area (Å²) in [5.41, 5.74) is 4.53.